The molecule has 0 saturated carbocycles. The van der Waals surface area contributed by atoms with E-state index in [4.69, 9.17) is 10.5 Å². The van der Waals surface area contributed by atoms with Gasteiger partial charge in [-0.3, -0.25) is 0 Å². The Bertz CT molecular complexity index is 593. The molecule has 0 aliphatic heterocycles. The predicted octanol–water partition coefficient (Wildman–Crippen LogP) is 2.55. The lowest BCUT2D eigenvalue weighted by Gasteiger charge is -2.11. The molecule has 0 aliphatic carbocycles. The molecule has 0 unspecified atom stereocenters. The zero-order valence-corrected chi connectivity index (χ0v) is 12.0. The van der Waals surface area contributed by atoms with Crippen LogP contribution in [0.15, 0.2) is 48.5 Å². The van der Waals surface area contributed by atoms with Crippen LogP contribution in [0.5, 0.6) is 5.75 Å². The molecule has 0 heterocycles. The number of carbonyl (C=O) groups excluding carboxylic acids is 1. The second-order valence-corrected chi connectivity index (χ2v) is 4.62. The molecule has 0 amide bonds. The summed E-state index contributed by atoms with van der Waals surface area (Å²) in [6.45, 7) is 1.04. The molecule has 2 aromatic carbocycles. The first-order chi connectivity index (χ1) is 10.2. The summed E-state index contributed by atoms with van der Waals surface area (Å²) in [5.74, 6) is 0.510. The van der Waals surface area contributed by atoms with Gasteiger partial charge in [0.1, 0.15) is 12.4 Å². The van der Waals surface area contributed by atoms with Crippen LogP contribution in [0.3, 0.4) is 0 Å². The van der Waals surface area contributed by atoms with Gasteiger partial charge in [-0.25, -0.2) is 4.79 Å². The maximum absolute atomic E-state index is 11.4. The minimum Gasteiger partial charge on any atom is -0.489 e. The Balaban J connectivity index is 2.01. The fourth-order valence-corrected chi connectivity index (χ4v) is 2.02. The van der Waals surface area contributed by atoms with Gasteiger partial charge >= 0.3 is 5.97 Å². The van der Waals surface area contributed by atoms with Crippen molar-refractivity contribution in [3.8, 4) is 5.75 Å². The summed E-state index contributed by atoms with van der Waals surface area (Å²) in [5.41, 5.74) is 8.22. The van der Waals surface area contributed by atoms with Gasteiger partial charge in [0.25, 0.3) is 0 Å². The summed E-state index contributed by atoms with van der Waals surface area (Å²) in [4.78, 5) is 11.4. The van der Waals surface area contributed by atoms with Crippen molar-refractivity contribution in [2.75, 3.05) is 13.7 Å². The molecule has 0 bridgehead atoms. The summed E-state index contributed by atoms with van der Waals surface area (Å²) >= 11 is 0. The SMILES string of the molecule is COC(=O)c1ccc(COc2ccccc2CCN)cc1. The zero-order chi connectivity index (χ0) is 15.1. The number of methoxy groups -OCH3 is 1. The van der Waals surface area contributed by atoms with Gasteiger partial charge in [-0.05, 0) is 42.3 Å². The quantitative estimate of drug-likeness (QED) is 0.829. The maximum Gasteiger partial charge on any atom is 0.337 e. The highest BCUT2D eigenvalue weighted by Crippen LogP contribution is 2.19. The van der Waals surface area contributed by atoms with E-state index in [2.05, 4.69) is 4.74 Å². The summed E-state index contributed by atoms with van der Waals surface area (Å²) < 4.78 is 10.5. The van der Waals surface area contributed by atoms with Gasteiger partial charge in [0.2, 0.25) is 0 Å². The van der Waals surface area contributed by atoms with Crippen LogP contribution in [0.4, 0.5) is 0 Å². The third-order valence-electron chi connectivity index (χ3n) is 3.16. The van der Waals surface area contributed by atoms with E-state index in [1.54, 1.807) is 12.1 Å². The number of hydrogen-bond acceptors (Lipinski definition) is 4. The standard InChI is InChI=1S/C17H19NO3/c1-20-17(19)15-8-6-13(7-9-15)12-21-16-5-3-2-4-14(16)10-11-18/h2-9H,10-12,18H2,1H3. The highest BCUT2D eigenvalue weighted by molar-refractivity contribution is 5.89. The van der Waals surface area contributed by atoms with Crippen LogP contribution >= 0.6 is 0 Å². The van der Waals surface area contributed by atoms with Crippen molar-refractivity contribution in [2.24, 2.45) is 5.73 Å². The summed E-state index contributed by atoms with van der Waals surface area (Å²) in [6.07, 6.45) is 0.789. The fraction of sp³-hybridized carbons (Fsp3) is 0.235. The Kier molecular flexibility index (Phi) is 5.35. The largest absolute Gasteiger partial charge is 0.489 e. The lowest BCUT2D eigenvalue weighted by atomic mass is 10.1. The average molecular weight is 285 g/mol. The van der Waals surface area contributed by atoms with Crippen molar-refractivity contribution in [3.05, 3.63) is 65.2 Å². The van der Waals surface area contributed by atoms with Crippen molar-refractivity contribution in [1.82, 2.24) is 0 Å². The Morgan fingerprint density at radius 2 is 1.81 bits per heavy atom. The number of ether oxygens (including phenoxy) is 2. The number of benzene rings is 2. The number of nitrogens with two attached hydrogens (primary N) is 1. The molecule has 2 rings (SSSR count). The molecule has 0 radical (unpaired) electrons. The zero-order valence-electron chi connectivity index (χ0n) is 12.0. The van der Waals surface area contributed by atoms with Crippen LogP contribution in [0, 0.1) is 0 Å². The Morgan fingerprint density at radius 3 is 2.48 bits per heavy atom. The van der Waals surface area contributed by atoms with Gasteiger partial charge in [-0.2, -0.15) is 0 Å². The first-order valence-electron chi connectivity index (χ1n) is 6.82. The topological polar surface area (TPSA) is 61.5 Å². The number of hydrogen-bond donors (Lipinski definition) is 1. The molecule has 4 heteroatoms. The van der Waals surface area contributed by atoms with E-state index < -0.39 is 0 Å². The van der Waals surface area contributed by atoms with Gasteiger partial charge in [-0.15, -0.1) is 0 Å². The van der Waals surface area contributed by atoms with Crippen LogP contribution in [-0.2, 0) is 17.8 Å². The normalized spacial score (nSPS) is 10.2. The van der Waals surface area contributed by atoms with Crippen molar-refractivity contribution >= 4 is 5.97 Å². The summed E-state index contributed by atoms with van der Waals surface area (Å²) in [5, 5.41) is 0. The summed E-state index contributed by atoms with van der Waals surface area (Å²) in [6, 6.07) is 15.1. The molecule has 0 saturated heterocycles. The molecule has 0 spiro atoms. The number of esters is 1. The highest BCUT2D eigenvalue weighted by atomic mass is 16.5. The maximum atomic E-state index is 11.4. The lowest BCUT2D eigenvalue weighted by Crippen LogP contribution is -2.05. The molecule has 110 valence electrons. The Labute approximate surface area is 124 Å². The van der Waals surface area contributed by atoms with E-state index in [-0.39, 0.29) is 5.97 Å². The van der Waals surface area contributed by atoms with Gasteiger partial charge < -0.3 is 15.2 Å². The lowest BCUT2D eigenvalue weighted by molar-refractivity contribution is 0.0600. The van der Waals surface area contributed by atoms with Crippen LogP contribution in [0.1, 0.15) is 21.5 Å². The molecule has 0 atom stereocenters. The number of rotatable bonds is 6. The minimum absolute atomic E-state index is 0.337. The molecule has 0 fully saturated rings. The van der Waals surface area contributed by atoms with Crippen molar-refractivity contribution in [3.63, 3.8) is 0 Å². The van der Waals surface area contributed by atoms with Crippen LogP contribution in [-0.4, -0.2) is 19.6 Å². The molecule has 21 heavy (non-hydrogen) atoms. The second kappa shape index (κ2) is 7.45. The number of para-hydroxylation sites is 1. The first-order valence-corrected chi connectivity index (χ1v) is 6.82. The second-order valence-electron chi connectivity index (χ2n) is 4.62. The average Bonchev–Trinajstić information content (AvgIpc) is 2.54. The Morgan fingerprint density at radius 1 is 1.10 bits per heavy atom. The van der Waals surface area contributed by atoms with Gasteiger partial charge in [0.15, 0.2) is 0 Å². The van der Waals surface area contributed by atoms with E-state index in [1.165, 1.54) is 7.11 Å². The monoisotopic (exact) mass is 285 g/mol. The smallest absolute Gasteiger partial charge is 0.337 e. The molecule has 4 nitrogen and oxygen atoms in total. The minimum atomic E-state index is -0.337. The predicted molar refractivity (Wildman–Crippen MR) is 81.3 cm³/mol. The van der Waals surface area contributed by atoms with Crippen molar-refractivity contribution in [2.45, 2.75) is 13.0 Å². The van der Waals surface area contributed by atoms with Crippen LogP contribution < -0.4 is 10.5 Å². The van der Waals surface area contributed by atoms with Gasteiger partial charge in [-0.1, -0.05) is 30.3 Å². The Hall–Kier alpha value is -2.33. The molecule has 0 aromatic heterocycles. The molecule has 2 aromatic rings. The molecular formula is C17H19NO3. The van der Waals surface area contributed by atoms with E-state index in [0.29, 0.717) is 18.7 Å². The molecule has 0 aliphatic rings. The van der Waals surface area contributed by atoms with Crippen molar-refractivity contribution < 1.29 is 14.3 Å². The third-order valence-corrected chi connectivity index (χ3v) is 3.16. The first kappa shape index (κ1) is 15.1. The summed E-state index contributed by atoms with van der Waals surface area (Å²) in [7, 11) is 1.37. The molecular weight excluding hydrogens is 266 g/mol. The van der Waals surface area contributed by atoms with E-state index in [1.807, 2.05) is 36.4 Å². The van der Waals surface area contributed by atoms with Crippen LogP contribution in [0.25, 0.3) is 0 Å². The fourth-order valence-electron chi connectivity index (χ4n) is 2.02. The third kappa shape index (κ3) is 4.07. The van der Waals surface area contributed by atoms with E-state index in [9.17, 15) is 4.79 Å². The number of carbonyl (C=O) groups is 1. The highest BCUT2D eigenvalue weighted by Gasteiger charge is 2.06. The van der Waals surface area contributed by atoms with Crippen LogP contribution in [0.2, 0.25) is 0 Å². The van der Waals surface area contributed by atoms with Crippen molar-refractivity contribution in [1.29, 1.82) is 0 Å². The molecule has 2 N–H and O–H groups in total. The van der Waals surface area contributed by atoms with Gasteiger partial charge in [0.05, 0.1) is 12.7 Å². The van der Waals surface area contributed by atoms with E-state index >= 15 is 0 Å². The van der Waals surface area contributed by atoms with Gasteiger partial charge in [0, 0.05) is 0 Å². The van der Waals surface area contributed by atoms with E-state index in [0.717, 1.165) is 23.3 Å².